The Labute approximate surface area is 109 Å². The molecule has 1 aromatic heterocycles. The van der Waals surface area contributed by atoms with Crippen molar-refractivity contribution >= 4 is 17.1 Å². The first-order chi connectivity index (χ1) is 8.67. The van der Waals surface area contributed by atoms with Crippen molar-refractivity contribution in [2.45, 2.75) is 6.92 Å². The first kappa shape index (κ1) is 12.6. The number of carbonyl (C=O) groups excluding carboxylic acids is 1. The van der Waals surface area contributed by atoms with Crippen LogP contribution in [0.5, 0.6) is 11.5 Å². The van der Waals surface area contributed by atoms with Crippen LogP contribution < -0.4 is 9.47 Å². The van der Waals surface area contributed by atoms with Crippen molar-refractivity contribution in [1.82, 2.24) is 4.98 Å². The lowest BCUT2D eigenvalue weighted by atomic mass is 10.1. The molecule has 18 heavy (non-hydrogen) atoms. The maximum atomic E-state index is 12.4. The molecule has 0 saturated heterocycles. The maximum Gasteiger partial charge on any atom is 0.219 e. The van der Waals surface area contributed by atoms with E-state index in [4.69, 9.17) is 9.47 Å². The fourth-order valence-electron chi connectivity index (χ4n) is 1.67. The molecule has 0 N–H and O–H groups in total. The molecule has 0 spiro atoms. The summed E-state index contributed by atoms with van der Waals surface area (Å²) in [5.41, 5.74) is 0.827. The lowest BCUT2D eigenvalue weighted by molar-refractivity contribution is 0.102. The van der Waals surface area contributed by atoms with Gasteiger partial charge in [-0.2, -0.15) is 0 Å². The van der Waals surface area contributed by atoms with Crippen LogP contribution in [0, 0.1) is 6.92 Å². The number of thiazole rings is 1. The summed E-state index contributed by atoms with van der Waals surface area (Å²) in [6, 6.07) is 5.24. The molecule has 2 rings (SSSR count). The van der Waals surface area contributed by atoms with E-state index < -0.39 is 0 Å². The summed E-state index contributed by atoms with van der Waals surface area (Å²) < 4.78 is 10.4. The summed E-state index contributed by atoms with van der Waals surface area (Å²) in [5, 5.41) is 2.59. The number of aromatic nitrogens is 1. The van der Waals surface area contributed by atoms with Crippen molar-refractivity contribution in [3.63, 3.8) is 0 Å². The Morgan fingerprint density at radius 1 is 1.22 bits per heavy atom. The Bertz CT molecular complexity index is 555. The van der Waals surface area contributed by atoms with Gasteiger partial charge in [-0.15, -0.1) is 11.3 Å². The number of ketones is 1. The van der Waals surface area contributed by atoms with E-state index in [0.717, 1.165) is 5.01 Å². The van der Waals surface area contributed by atoms with E-state index in [1.807, 2.05) is 6.92 Å². The van der Waals surface area contributed by atoms with Gasteiger partial charge in [0.2, 0.25) is 5.78 Å². The first-order valence-corrected chi connectivity index (χ1v) is 6.23. The van der Waals surface area contributed by atoms with Crippen LogP contribution in [0.3, 0.4) is 0 Å². The molecular formula is C13H13NO3S. The molecule has 0 aliphatic rings. The molecule has 0 fully saturated rings. The minimum Gasteiger partial charge on any atom is -0.496 e. The fraction of sp³-hybridized carbons (Fsp3) is 0.231. The van der Waals surface area contributed by atoms with Gasteiger partial charge in [-0.1, -0.05) is 6.07 Å². The molecular weight excluding hydrogens is 250 g/mol. The van der Waals surface area contributed by atoms with Gasteiger partial charge in [-0.25, -0.2) is 4.98 Å². The molecule has 0 bridgehead atoms. The van der Waals surface area contributed by atoms with Crippen LogP contribution in [-0.4, -0.2) is 25.0 Å². The average Bonchev–Trinajstić information content (AvgIpc) is 2.83. The number of benzene rings is 1. The van der Waals surface area contributed by atoms with Crippen LogP contribution in [0.25, 0.3) is 0 Å². The molecule has 0 atom stereocenters. The highest BCUT2D eigenvalue weighted by atomic mass is 32.1. The van der Waals surface area contributed by atoms with Gasteiger partial charge >= 0.3 is 0 Å². The molecule has 0 aliphatic heterocycles. The number of nitrogens with zero attached hydrogens (tertiary/aromatic N) is 1. The van der Waals surface area contributed by atoms with Gasteiger partial charge in [0.25, 0.3) is 0 Å². The largest absolute Gasteiger partial charge is 0.496 e. The zero-order chi connectivity index (χ0) is 13.1. The summed E-state index contributed by atoms with van der Waals surface area (Å²) in [5.74, 6) is 0.795. The van der Waals surface area contributed by atoms with E-state index in [1.54, 1.807) is 23.6 Å². The van der Waals surface area contributed by atoms with E-state index in [2.05, 4.69) is 4.98 Å². The predicted octanol–water partition coefficient (Wildman–Crippen LogP) is 2.70. The molecule has 0 unspecified atom stereocenters. The topological polar surface area (TPSA) is 48.4 Å². The van der Waals surface area contributed by atoms with E-state index in [1.165, 1.54) is 25.6 Å². The molecule has 94 valence electrons. The van der Waals surface area contributed by atoms with Crippen molar-refractivity contribution in [3.8, 4) is 11.5 Å². The molecule has 0 radical (unpaired) electrons. The van der Waals surface area contributed by atoms with Gasteiger partial charge in [-0.3, -0.25) is 4.79 Å². The molecule has 4 nitrogen and oxygen atoms in total. The normalized spacial score (nSPS) is 10.2. The highest BCUT2D eigenvalue weighted by Crippen LogP contribution is 2.30. The zero-order valence-electron chi connectivity index (χ0n) is 10.4. The Balaban J connectivity index is 2.52. The Hall–Kier alpha value is -1.88. The highest BCUT2D eigenvalue weighted by Gasteiger charge is 2.21. The van der Waals surface area contributed by atoms with Gasteiger partial charge in [0, 0.05) is 5.38 Å². The molecule has 2 aromatic rings. The van der Waals surface area contributed by atoms with Crippen LogP contribution in [0.15, 0.2) is 23.6 Å². The monoisotopic (exact) mass is 263 g/mol. The number of rotatable bonds is 4. The van der Waals surface area contributed by atoms with Gasteiger partial charge in [0.05, 0.1) is 19.2 Å². The van der Waals surface area contributed by atoms with E-state index >= 15 is 0 Å². The van der Waals surface area contributed by atoms with Crippen molar-refractivity contribution in [2.24, 2.45) is 0 Å². The van der Waals surface area contributed by atoms with Crippen LogP contribution >= 0.6 is 11.3 Å². The molecule has 1 heterocycles. The summed E-state index contributed by atoms with van der Waals surface area (Å²) in [4.78, 5) is 16.6. The minimum atomic E-state index is -0.186. The van der Waals surface area contributed by atoms with Crippen LogP contribution in [0.4, 0.5) is 0 Å². The quantitative estimate of drug-likeness (QED) is 0.796. The van der Waals surface area contributed by atoms with Crippen molar-refractivity contribution in [2.75, 3.05) is 14.2 Å². The number of aryl methyl sites for hydroxylation is 1. The molecule has 5 heteroatoms. The van der Waals surface area contributed by atoms with Crippen molar-refractivity contribution < 1.29 is 14.3 Å². The molecule has 0 amide bonds. The summed E-state index contributed by atoms with van der Waals surface area (Å²) >= 11 is 1.44. The maximum absolute atomic E-state index is 12.4. The lowest BCUT2D eigenvalue weighted by Gasteiger charge is -2.10. The standard InChI is InChI=1S/C13H13NO3S/c1-8-14-9(7-18-8)13(15)12-10(16-2)5-4-6-11(12)17-3/h4-7H,1-3H3. The zero-order valence-corrected chi connectivity index (χ0v) is 11.2. The fourth-order valence-corrected chi connectivity index (χ4v) is 2.26. The summed E-state index contributed by atoms with van der Waals surface area (Å²) in [6.07, 6.45) is 0. The predicted molar refractivity (Wildman–Crippen MR) is 69.8 cm³/mol. The third-order valence-corrected chi connectivity index (χ3v) is 3.28. The molecule has 0 saturated carbocycles. The molecule has 0 aliphatic carbocycles. The van der Waals surface area contributed by atoms with Crippen molar-refractivity contribution in [1.29, 1.82) is 0 Å². The number of hydrogen-bond donors (Lipinski definition) is 0. The van der Waals surface area contributed by atoms with E-state index in [9.17, 15) is 4.79 Å². The smallest absolute Gasteiger partial charge is 0.219 e. The Morgan fingerprint density at radius 3 is 2.28 bits per heavy atom. The lowest BCUT2D eigenvalue weighted by Crippen LogP contribution is -2.07. The van der Waals surface area contributed by atoms with Gasteiger partial charge < -0.3 is 9.47 Å². The van der Waals surface area contributed by atoms with E-state index in [0.29, 0.717) is 22.8 Å². The van der Waals surface area contributed by atoms with Crippen LogP contribution in [0.1, 0.15) is 21.1 Å². The Morgan fingerprint density at radius 2 is 1.83 bits per heavy atom. The van der Waals surface area contributed by atoms with Gasteiger partial charge in [-0.05, 0) is 19.1 Å². The third-order valence-electron chi connectivity index (χ3n) is 2.51. The van der Waals surface area contributed by atoms with Gasteiger partial charge in [0.15, 0.2) is 0 Å². The second kappa shape index (κ2) is 5.18. The highest BCUT2D eigenvalue weighted by molar-refractivity contribution is 7.09. The van der Waals surface area contributed by atoms with E-state index in [-0.39, 0.29) is 5.78 Å². The number of carbonyl (C=O) groups is 1. The van der Waals surface area contributed by atoms with Crippen LogP contribution in [0.2, 0.25) is 0 Å². The number of methoxy groups -OCH3 is 2. The number of hydrogen-bond acceptors (Lipinski definition) is 5. The summed E-state index contributed by atoms with van der Waals surface area (Å²) in [6.45, 7) is 1.86. The molecule has 1 aromatic carbocycles. The SMILES string of the molecule is COc1cccc(OC)c1C(=O)c1csc(C)n1. The first-order valence-electron chi connectivity index (χ1n) is 5.35. The second-order valence-corrected chi connectivity index (χ2v) is 4.68. The number of ether oxygens (including phenoxy) is 2. The minimum absolute atomic E-state index is 0.186. The Kier molecular flexibility index (Phi) is 3.62. The third kappa shape index (κ3) is 2.22. The average molecular weight is 263 g/mol. The van der Waals surface area contributed by atoms with Crippen molar-refractivity contribution in [3.05, 3.63) is 39.8 Å². The summed E-state index contributed by atoms with van der Waals surface area (Å²) in [7, 11) is 3.05. The second-order valence-electron chi connectivity index (χ2n) is 3.62. The van der Waals surface area contributed by atoms with Crippen LogP contribution in [-0.2, 0) is 0 Å². The van der Waals surface area contributed by atoms with Gasteiger partial charge in [0.1, 0.15) is 22.8 Å².